The Labute approximate surface area is 169 Å². The predicted octanol–water partition coefficient (Wildman–Crippen LogP) is 3.68. The monoisotopic (exact) mass is 402 g/mol. The Balaban J connectivity index is 1.48. The molecule has 1 aromatic carbocycles. The first-order valence-corrected chi connectivity index (χ1v) is 9.20. The van der Waals surface area contributed by atoms with Crippen LogP contribution in [0.2, 0.25) is 0 Å². The fraction of sp³-hybridized carbons (Fsp3) is 0.0455. The molecule has 5 rings (SSSR count). The number of anilines is 1. The number of rotatable bonds is 4. The van der Waals surface area contributed by atoms with Crippen molar-refractivity contribution in [3.8, 4) is 0 Å². The molecule has 1 amide bonds. The molecule has 0 unspecified atom stereocenters. The number of carbonyl (C=O) groups excluding carboxylic acids is 1. The minimum atomic E-state index is -0.510. The Morgan fingerprint density at radius 2 is 1.93 bits per heavy atom. The van der Waals surface area contributed by atoms with Gasteiger partial charge in [0.05, 0.1) is 12.1 Å². The molecule has 148 valence electrons. The molecule has 0 spiro atoms. The van der Waals surface area contributed by atoms with Gasteiger partial charge in [-0.1, -0.05) is 6.07 Å². The second kappa shape index (κ2) is 7.00. The fourth-order valence-electron chi connectivity index (χ4n) is 3.43. The van der Waals surface area contributed by atoms with Crippen molar-refractivity contribution in [2.24, 2.45) is 0 Å². The van der Waals surface area contributed by atoms with Gasteiger partial charge >= 0.3 is 0 Å². The Bertz CT molecular complexity index is 1460. The first kappa shape index (κ1) is 17.9. The lowest BCUT2D eigenvalue weighted by Gasteiger charge is -2.10. The zero-order valence-electron chi connectivity index (χ0n) is 15.6. The Morgan fingerprint density at radius 3 is 2.80 bits per heavy atom. The number of nitrogens with one attached hydrogen (secondary N) is 1. The molecule has 1 N–H and O–H groups in total. The van der Waals surface area contributed by atoms with Crippen LogP contribution in [0.15, 0.2) is 82.3 Å². The van der Waals surface area contributed by atoms with Crippen molar-refractivity contribution in [2.75, 3.05) is 5.32 Å². The van der Waals surface area contributed by atoms with E-state index in [0.717, 1.165) is 5.52 Å². The number of hydrogen-bond donors (Lipinski definition) is 1. The van der Waals surface area contributed by atoms with Crippen molar-refractivity contribution >= 4 is 28.3 Å². The van der Waals surface area contributed by atoms with Crippen LogP contribution in [0, 0.1) is 5.82 Å². The summed E-state index contributed by atoms with van der Waals surface area (Å²) in [7, 11) is 0. The molecule has 8 heteroatoms. The van der Waals surface area contributed by atoms with Crippen LogP contribution in [0.5, 0.6) is 0 Å². The summed E-state index contributed by atoms with van der Waals surface area (Å²) in [5.41, 5.74) is 1.92. The van der Waals surface area contributed by atoms with Crippen LogP contribution in [0.25, 0.3) is 16.7 Å². The summed E-state index contributed by atoms with van der Waals surface area (Å²) < 4.78 is 22.3. The normalized spacial score (nSPS) is 11.2. The summed E-state index contributed by atoms with van der Waals surface area (Å²) >= 11 is 0. The summed E-state index contributed by atoms with van der Waals surface area (Å²) in [6.45, 7) is 0.112. The molecule has 0 saturated carbocycles. The minimum absolute atomic E-state index is 0.0586. The van der Waals surface area contributed by atoms with E-state index in [4.69, 9.17) is 4.42 Å². The fourth-order valence-corrected chi connectivity index (χ4v) is 3.43. The molecule has 0 aliphatic heterocycles. The molecule has 0 aliphatic carbocycles. The SMILES string of the molecule is O=C(Nc1cccc(F)c1)c1ccc(Cn2c(=O)c3cccn3c3cccnc32)o1. The van der Waals surface area contributed by atoms with Crippen molar-refractivity contribution < 1.29 is 13.6 Å². The molecule has 30 heavy (non-hydrogen) atoms. The lowest BCUT2D eigenvalue weighted by atomic mass is 10.3. The molecule has 0 atom stereocenters. The summed E-state index contributed by atoms with van der Waals surface area (Å²) in [4.78, 5) is 29.7. The van der Waals surface area contributed by atoms with Gasteiger partial charge in [0.1, 0.15) is 17.1 Å². The highest BCUT2D eigenvalue weighted by atomic mass is 19.1. The smallest absolute Gasteiger partial charge is 0.291 e. The lowest BCUT2D eigenvalue weighted by molar-refractivity contribution is 0.0995. The molecule has 0 radical (unpaired) electrons. The highest BCUT2D eigenvalue weighted by Crippen LogP contribution is 2.17. The van der Waals surface area contributed by atoms with Gasteiger partial charge in [-0.15, -0.1) is 0 Å². The third-order valence-electron chi connectivity index (χ3n) is 4.78. The Morgan fingerprint density at radius 1 is 1.07 bits per heavy atom. The number of benzene rings is 1. The number of halogens is 1. The van der Waals surface area contributed by atoms with E-state index in [-0.39, 0.29) is 17.9 Å². The molecule has 0 fully saturated rings. The van der Waals surface area contributed by atoms with E-state index in [1.54, 1.807) is 40.9 Å². The van der Waals surface area contributed by atoms with Gasteiger partial charge in [0.15, 0.2) is 11.4 Å². The van der Waals surface area contributed by atoms with Crippen LogP contribution >= 0.6 is 0 Å². The summed E-state index contributed by atoms with van der Waals surface area (Å²) in [5, 5.41) is 2.58. The molecule has 4 heterocycles. The Hall–Kier alpha value is -4.20. The van der Waals surface area contributed by atoms with Gasteiger partial charge in [-0.25, -0.2) is 9.37 Å². The van der Waals surface area contributed by atoms with E-state index in [2.05, 4.69) is 10.3 Å². The number of hydrogen-bond acceptors (Lipinski definition) is 4. The van der Waals surface area contributed by atoms with Crippen LogP contribution in [-0.2, 0) is 6.54 Å². The second-order valence-electron chi connectivity index (χ2n) is 6.73. The highest BCUT2D eigenvalue weighted by molar-refractivity contribution is 6.02. The number of aromatic nitrogens is 3. The summed E-state index contributed by atoms with van der Waals surface area (Å²) in [6, 6.07) is 16.0. The van der Waals surface area contributed by atoms with Gasteiger partial charge < -0.3 is 14.1 Å². The molecule has 0 bridgehead atoms. The van der Waals surface area contributed by atoms with Crippen molar-refractivity contribution in [1.29, 1.82) is 0 Å². The number of fused-ring (bicyclic) bond motifs is 3. The van der Waals surface area contributed by atoms with Gasteiger partial charge in [-0.3, -0.25) is 14.2 Å². The lowest BCUT2D eigenvalue weighted by Crippen LogP contribution is -2.23. The maximum Gasteiger partial charge on any atom is 0.291 e. The molecule has 4 aromatic heterocycles. The van der Waals surface area contributed by atoms with E-state index in [1.807, 2.05) is 12.3 Å². The number of furan rings is 1. The number of amides is 1. The van der Waals surface area contributed by atoms with Gasteiger partial charge in [0.2, 0.25) is 0 Å². The van der Waals surface area contributed by atoms with Gasteiger partial charge in [-0.2, -0.15) is 0 Å². The maximum atomic E-state index is 13.3. The molecular weight excluding hydrogens is 387 g/mol. The third kappa shape index (κ3) is 3.04. The zero-order valence-corrected chi connectivity index (χ0v) is 15.6. The van der Waals surface area contributed by atoms with Crippen molar-refractivity contribution in [1.82, 2.24) is 14.0 Å². The minimum Gasteiger partial charge on any atom is -0.454 e. The van der Waals surface area contributed by atoms with E-state index >= 15 is 0 Å². The van der Waals surface area contributed by atoms with E-state index < -0.39 is 11.7 Å². The maximum absolute atomic E-state index is 13.3. The standard InChI is InChI=1S/C22H15FN4O3/c23-14-4-1-5-15(12-14)25-21(28)19-9-8-16(30-19)13-27-20-17(6-2-10-24-20)26-11-3-7-18(26)22(27)29/h1-12H,13H2,(H,25,28). The van der Waals surface area contributed by atoms with Gasteiger partial charge in [0.25, 0.3) is 11.5 Å². The summed E-state index contributed by atoms with van der Waals surface area (Å²) in [6.07, 6.45) is 3.43. The zero-order chi connectivity index (χ0) is 20.7. The van der Waals surface area contributed by atoms with Crippen LogP contribution in [-0.4, -0.2) is 19.9 Å². The molecular formula is C22H15FN4O3. The quantitative estimate of drug-likeness (QED) is 0.497. The van der Waals surface area contributed by atoms with Crippen LogP contribution < -0.4 is 10.9 Å². The van der Waals surface area contributed by atoms with Crippen LogP contribution in [0.1, 0.15) is 16.3 Å². The van der Waals surface area contributed by atoms with E-state index in [9.17, 15) is 14.0 Å². The Kier molecular flexibility index (Phi) is 4.17. The molecule has 0 saturated heterocycles. The topological polar surface area (TPSA) is 81.5 Å². The number of carbonyl (C=O) groups is 1. The number of nitrogens with zero attached hydrogens (tertiary/aromatic N) is 3. The van der Waals surface area contributed by atoms with Crippen LogP contribution in [0.3, 0.4) is 0 Å². The highest BCUT2D eigenvalue weighted by Gasteiger charge is 2.16. The average Bonchev–Trinajstić information content (AvgIpc) is 3.41. The largest absolute Gasteiger partial charge is 0.454 e. The second-order valence-corrected chi connectivity index (χ2v) is 6.73. The van der Waals surface area contributed by atoms with E-state index in [1.165, 1.54) is 28.8 Å². The van der Waals surface area contributed by atoms with Gasteiger partial charge in [0, 0.05) is 18.1 Å². The first-order chi connectivity index (χ1) is 14.6. The third-order valence-corrected chi connectivity index (χ3v) is 4.78. The van der Waals surface area contributed by atoms with Crippen molar-refractivity contribution in [3.05, 3.63) is 101 Å². The van der Waals surface area contributed by atoms with Crippen molar-refractivity contribution in [2.45, 2.75) is 6.54 Å². The van der Waals surface area contributed by atoms with Gasteiger partial charge in [-0.05, 0) is 54.6 Å². The van der Waals surface area contributed by atoms with Crippen molar-refractivity contribution in [3.63, 3.8) is 0 Å². The average molecular weight is 402 g/mol. The summed E-state index contributed by atoms with van der Waals surface area (Å²) in [5.74, 6) is -0.482. The molecule has 5 aromatic rings. The van der Waals surface area contributed by atoms with Crippen LogP contribution in [0.4, 0.5) is 10.1 Å². The van der Waals surface area contributed by atoms with E-state index in [0.29, 0.717) is 22.6 Å². The number of pyridine rings is 1. The molecule has 0 aliphatic rings. The first-order valence-electron chi connectivity index (χ1n) is 9.20. The predicted molar refractivity (Wildman–Crippen MR) is 109 cm³/mol. The molecule has 7 nitrogen and oxygen atoms in total.